The van der Waals surface area contributed by atoms with E-state index in [-0.39, 0.29) is 0 Å². The Morgan fingerprint density at radius 3 is 2.76 bits per heavy atom. The molecule has 0 amide bonds. The summed E-state index contributed by atoms with van der Waals surface area (Å²) in [5, 5.41) is 0. The third-order valence-electron chi connectivity index (χ3n) is 4.79. The van der Waals surface area contributed by atoms with Crippen molar-refractivity contribution in [1.82, 2.24) is 4.90 Å². The number of carbonyl (C=O) groups excluding carboxylic acids is 1. The average Bonchev–Trinajstić information content (AvgIpc) is 2.90. The molecule has 0 bridgehead atoms. The van der Waals surface area contributed by atoms with E-state index in [2.05, 4.69) is 34.0 Å². The summed E-state index contributed by atoms with van der Waals surface area (Å²) >= 11 is 0. The van der Waals surface area contributed by atoms with Gasteiger partial charge in [0.2, 0.25) is 5.96 Å². The van der Waals surface area contributed by atoms with Gasteiger partial charge < -0.3 is 9.69 Å². The van der Waals surface area contributed by atoms with Crippen molar-refractivity contribution in [3.8, 4) is 0 Å². The molecule has 4 nitrogen and oxygen atoms in total. The molecule has 0 N–H and O–H groups in total. The predicted molar refractivity (Wildman–Crippen MR) is 85.5 cm³/mol. The summed E-state index contributed by atoms with van der Waals surface area (Å²) in [6.45, 7) is 5.97. The van der Waals surface area contributed by atoms with Crippen molar-refractivity contribution in [2.24, 2.45) is 15.4 Å². The summed E-state index contributed by atoms with van der Waals surface area (Å²) in [5.41, 5.74) is 2.41. The molecule has 0 atom stereocenters. The number of ketones is 1. The lowest BCUT2D eigenvalue weighted by Gasteiger charge is -2.39. The molecule has 21 heavy (non-hydrogen) atoms. The SMILES string of the molecule is CC(=O)CCC1(C)CCN(C2=NC3=CC=CCC3=N2)CC1. The van der Waals surface area contributed by atoms with Crippen LogP contribution in [0.2, 0.25) is 0 Å². The number of nitrogens with zero attached hydrogens (tertiary/aromatic N) is 3. The molecular weight excluding hydrogens is 262 g/mol. The normalized spacial score (nSPS) is 23.3. The van der Waals surface area contributed by atoms with Gasteiger partial charge in [-0.05, 0) is 37.7 Å². The van der Waals surface area contributed by atoms with Crippen molar-refractivity contribution in [2.45, 2.75) is 46.0 Å². The van der Waals surface area contributed by atoms with Crippen LogP contribution in [0.3, 0.4) is 0 Å². The smallest absolute Gasteiger partial charge is 0.226 e. The first-order chi connectivity index (χ1) is 10.1. The van der Waals surface area contributed by atoms with Gasteiger partial charge in [-0.3, -0.25) is 0 Å². The van der Waals surface area contributed by atoms with E-state index in [9.17, 15) is 4.79 Å². The molecule has 0 radical (unpaired) electrons. The van der Waals surface area contributed by atoms with Crippen molar-refractivity contribution in [1.29, 1.82) is 0 Å². The minimum absolute atomic E-state index is 0.294. The largest absolute Gasteiger partial charge is 0.341 e. The first-order valence-corrected chi connectivity index (χ1v) is 7.84. The monoisotopic (exact) mass is 285 g/mol. The Balaban J connectivity index is 1.60. The van der Waals surface area contributed by atoms with E-state index >= 15 is 0 Å². The molecule has 3 aliphatic rings. The molecule has 1 saturated heterocycles. The topological polar surface area (TPSA) is 45.0 Å². The zero-order chi connectivity index (χ0) is 14.9. The highest BCUT2D eigenvalue weighted by Crippen LogP contribution is 2.36. The molecule has 0 aromatic heterocycles. The number of aliphatic imine (C=N–C) groups is 2. The van der Waals surface area contributed by atoms with E-state index in [0.717, 1.165) is 56.1 Å². The highest BCUT2D eigenvalue weighted by molar-refractivity contribution is 6.13. The molecule has 3 rings (SSSR count). The first-order valence-electron chi connectivity index (χ1n) is 7.84. The molecule has 0 aromatic carbocycles. The summed E-state index contributed by atoms with van der Waals surface area (Å²) in [6.07, 6.45) is 11.0. The van der Waals surface area contributed by atoms with Gasteiger partial charge in [-0.25, -0.2) is 9.98 Å². The van der Waals surface area contributed by atoms with E-state index in [4.69, 9.17) is 0 Å². The van der Waals surface area contributed by atoms with E-state index in [0.29, 0.717) is 17.6 Å². The standard InChI is InChI=1S/C17H23N3O/c1-13(21)7-8-17(2)9-11-20(12-10-17)16-18-14-5-3-4-6-15(14)19-16/h3-5H,6-12H2,1-2H3. The van der Waals surface area contributed by atoms with E-state index in [1.54, 1.807) is 6.92 Å². The third-order valence-corrected chi connectivity index (χ3v) is 4.79. The third kappa shape index (κ3) is 3.14. The van der Waals surface area contributed by atoms with Crippen LogP contribution in [0, 0.1) is 5.41 Å². The molecule has 0 unspecified atom stereocenters. The highest BCUT2D eigenvalue weighted by atomic mass is 16.1. The van der Waals surface area contributed by atoms with Crippen molar-refractivity contribution in [2.75, 3.05) is 13.1 Å². The molecular formula is C17H23N3O. The van der Waals surface area contributed by atoms with Crippen LogP contribution in [0.4, 0.5) is 0 Å². The van der Waals surface area contributed by atoms with Gasteiger partial charge in [-0.1, -0.05) is 19.1 Å². The second-order valence-corrected chi connectivity index (χ2v) is 6.65. The van der Waals surface area contributed by atoms with Crippen LogP contribution >= 0.6 is 0 Å². The molecule has 2 heterocycles. The quantitative estimate of drug-likeness (QED) is 0.799. The summed E-state index contributed by atoms with van der Waals surface area (Å²) in [4.78, 5) is 22.8. The molecule has 1 aliphatic carbocycles. The maximum atomic E-state index is 11.2. The summed E-state index contributed by atoms with van der Waals surface area (Å²) in [7, 11) is 0. The fourth-order valence-corrected chi connectivity index (χ4v) is 3.11. The molecule has 0 aromatic rings. The number of rotatable bonds is 3. The molecule has 2 aliphatic heterocycles. The number of hydrogen-bond acceptors (Lipinski definition) is 4. The van der Waals surface area contributed by atoms with Gasteiger partial charge in [0, 0.05) is 25.9 Å². The van der Waals surface area contributed by atoms with Gasteiger partial charge in [0.1, 0.15) is 5.78 Å². The van der Waals surface area contributed by atoms with Crippen molar-refractivity contribution in [3.05, 3.63) is 23.9 Å². The Kier molecular flexibility index (Phi) is 3.79. The zero-order valence-corrected chi connectivity index (χ0v) is 12.9. The Labute approximate surface area is 126 Å². The number of allylic oxidation sites excluding steroid dienone is 4. The lowest BCUT2D eigenvalue weighted by Crippen LogP contribution is -2.41. The van der Waals surface area contributed by atoms with Crippen LogP contribution in [0.15, 0.2) is 33.9 Å². The predicted octanol–water partition coefficient (Wildman–Crippen LogP) is 3.11. The number of piperidine rings is 1. The lowest BCUT2D eigenvalue weighted by molar-refractivity contribution is -0.117. The second-order valence-electron chi connectivity index (χ2n) is 6.65. The summed E-state index contributed by atoms with van der Waals surface area (Å²) < 4.78 is 0. The van der Waals surface area contributed by atoms with E-state index in [1.807, 2.05) is 6.08 Å². The maximum absolute atomic E-state index is 11.2. The van der Waals surface area contributed by atoms with Crippen LogP contribution in [-0.2, 0) is 4.79 Å². The minimum atomic E-state index is 0.294. The fourth-order valence-electron chi connectivity index (χ4n) is 3.11. The van der Waals surface area contributed by atoms with Crippen LogP contribution in [-0.4, -0.2) is 35.4 Å². The molecule has 4 heteroatoms. The van der Waals surface area contributed by atoms with Gasteiger partial charge in [-0.15, -0.1) is 0 Å². The fraction of sp³-hybridized carbons (Fsp3) is 0.588. The number of fused-ring (bicyclic) bond motifs is 1. The second kappa shape index (κ2) is 5.58. The highest BCUT2D eigenvalue weighted by Gasteiger charge is 2.32. The van der Waals surface area contributed by atoms with Crippen molar-refractivity contribution >= 4 is 17.5 Å². The number of carbonyl (C=O) groups is 1. The Bertz CT molecular complexity index is 561. The average molecular weight is 285 g/mol. The van der Waals surface area contributed by atoms with Crippen LogP contribution < -0.4 is 0 Å². The number of Topliss-reactive ketones (excluding diaryl/α,β-unsaturated/α-hetero) is 1. The van der Waals surface area contributed by atoms with Crippen LogP contribution in [0.5, 0.6) is 0 Å². The number of likely N-dealkylation sites (tertiary alicyclic amines) is 1. The number of hydrogen-bond donors (Lipinski definition) is 0. The minimum Gasteiger partial charge on any atom is -0.341 e. The lowest BCUT2D eigenvalue weighted by atomic mass is 9.76. The molecule has 0 spiro atoms. The van der Waals surface area contributed by atoms with Crippen LogP contribution in [0.25, 0.3) is 0 Å². The van der Waals surface area contributed by atoms with Gasteiger partial charge >= 0.3 is 0 Å². The maximum Gasteiger partial charge on any atom is 0.226 e. The number of guanidine groups is 1. The Morgan fingerprint density at radius 1 is 1.33 bits per heavy atom. The van der Waals surface area contributed by atoms with E-state index < -0.39 is 0 Å². The first kappa shape index (κ1) is 14.2. The van der Waals surface area contributed by atoms with Gasteiger partial charge in [0.05, 0.1) is 11.4 Å². The van der Waals surface area contributed by atoms with Gasteiger partial charge in [-0.2, -0.15) is 0 Å². The van der Waals surface area contributed by atoms with Gasteiger partial charge in [0.25, 0.3) is 0 Å². The van der Waals surface area contributed by atoms with Gasteiger partial charge in [0.15, 0.2) is 0 Å². The zero-order valence-electron chi connectivity index (χ0n) is 12.9. The van der Waals surface area contributed by atoms with Crippen molar-refractivity contribution in [3.63, 3.8) is 0 Å². The van der Waals surface area contributed by atoms with Crippen LogP contribution in [0.1, 0.15) is 46.0 Å². The van der Waals surface area contributed by atoms with E-state index in [1.165, 1.54) is 0 Å². The Morgan fingerprint density at radius 2 is 2.10 bits per heavy atom. The van der Waals surface area contributed by atoms with Crippen molar-refractivity contribution < 1.29 is 4.79 Å². The molecule has 1 fully saturated rings. The summed E-state index contributed by atoms with van der Waals surface area (Å²) in [6, 6.07) is 0. The summed E-state index contributed by atoms with van der Waals surface area (Å²) in [5.74, 6) is 1.18. The molecule has 112 valence electrons. The Hall–Kier alpha value is -1.71. The molecule has 0 saturated carbocycles.